The largest absolute Gasteiger partial charge is 0.493 e. The Balaban J connectivity index is 1.40. The predicted molar refractivity (Wildman–Crippen MR) is 126 cm³/mol. The number of hydrogen-bond acceptors (Lipinski definition) is 5. The van der Waals surface area contributed by atoms with Crippen LogP contribution in [0.2, 0.25) is 5.02 Å². The van der Waals surface area contributed by atoms with Gasteiger partial charge < -0.3 is 9.47 Å². The van der Waals surface area contributed by atoms with Gasteiger partial charge >= 0.3 is 0 Å². The number of nitrogens with zero attached hydrogens (tertiary/aromatic N) is 1. The van der Waals surface area contributed by atoms with Gasteiger partial charge in [0.1, 0.15) is 12.4 Å². The van der Waals surface area contributed by atoms with Gasteiger partial charge in [-0.3, -0.25) is 14.5 Å². The maximum atomic E-state index is 13.1. The van der Waals surface area contributed by atoms with Gasteiger partial charge in [0.15, 0.2) is 11.5 Å². The van der Waals surface area contributed by atoms with E-state index in [2.05, 4.69) is 0 Å². The van der Waals surface area contributed by atoms with E-state index in [9.17, 15) is 14.0 Å². The van der Waals surface area contributed by atoms with Crippen LogP contribution in [0.3, 0.4) is 0 Å². The fourth-order valence-corrected chi connectivity index (χ4v) is 4.61. The van der Waals surface area contributed by atoms with Gasteiger partial charge in [0.25, 0.3) is 5.24 Å². The normalized spacial score (nSPS) is 15.7. The van der Waals surface area contributed by atoms with E-state index >= 15 is 0 Å². The van der Waals surface area contributed by atoms with Crippen LogP contribution in [0.4, 0.5) is 9.18 Å². The molecule has 3 aromatic carbocycles. The molecule has 1 fully saturated rings. The fourth-order valence-electron chi connectivity index (χ4n) is 3.46. The number of amides is 2. The van der Waals surface area contributed by atoms with Crippen molar-refractivity contribution in [2.24, 2.45) is 0 Å². The van der Waals surface area contributed by atoms with Crippen LogP contribution >= 0.6 is 23.4 Å². The first-order valence-electron chi connectivity index (χ1n) is 10.2. The van der Waals surface area contributed by atoms with Crippen molar-refractivity contribution in [2.45, 2.75) is 24.8 Å². The summed E-state index contributed by atoms with van der Waals surface area (Å²) < 4.78 is 24.5. The molecule has 4 rings (SSSR count). The Labute approximate surface area is 200 Å². The predicted octanol–water partition coefficient (Wildman–Crippen LogP) is 5.87. The summed E-state index contributed by atoms with van der Waals surface area (Å²) in [6.45, 7) is 0.485. The van der Waals surface area contributed by atoms with E-state index < -0.39 is 5.25 Å². The van der Waals surface area contributed by atoms with E-state index in [1.54, 1.807) is 37.4 Å². The highest BCUT2D eigenvalue weighted by molar-refractivity contribution is 8.15. The van der Waals surface area contributed by atoms with Gasteiger partial charge in [-0.05, 0) is 59.5 Å². The summed E-state index contributed by atoms with van der Waals surface area (Å²) in [5, 5.41) is -0.164. The van der Waals surface area contributed by atoms with Gasteiger partial charge in [-0.15, -0.1) is 0 Å². The van der Waals surface area contributed by atoms with Crippen molar-refractivity contribution in [1.29, 1.82) is 0 Å². The molecule has 3 aromatic rings. The first-order chi connectivity index (χ1) is 15.9. The van der Waals surface area contributed by atoms with Crippen molar-refractivity contribution in [2.75, 3.05) is 7.11 Å². The summed E-state index contributed by atoms with van der Waals surface area (Å²) in [5.74, 6) is 0.512. The van der Waals surface area contributed by atoms with Crippen LogP contribution in [-0.4, -0.2) is 28.4 Å². The zero-order valence-electron chi connectivity index (χ0n) is 17.8. The van der Waals surface area contributed by atoms with Crippen LogP contribution < -0.4 is 9.47 Å². The lowest BCUT2D eigenvalue weighted by molar-refractivity contribution is -0.127. The molecular formula is C25H21ClFNO4S. The van der Waals surface area contributed by atoms with E-state index in [-0.39, 0.29) is 23.5 Å². The average Bonchev–Trinajstić information content (AvgIpc) is 3.07. The van der Waals surface area contributed by atoms with Crippen LogP contribution in [0, 0.1) is 5.82 Å². The molecular weight excluding hydrogens is 465 g/mol. The van der Waals surface area contributed by atoms with Gasteiger partial charge in [0.2, 0.25) is 5.91 Å². The summed E-state index contributed by atoms with van der Waals surface area (Å²) >= 11 is 6.92. The van der Waals surface area contributed by atoms with E-state index in [1.807, 2.05) is 24.3 Å². The molecule has 1 aliphatic rings. The van der Waals surface area contributed by atoms with E-state index in [1.165, 1.54) is 17.0 Å². The number of rotatable bonds is 8. The minimum absolute atomic E-state index is 0.127. The highest BCUT2D eigenvalue weighted by atomic mass is 35.5. The number of hydrogen-bond donors (Lipinski definition) is 0. The van der Waals surface area contributed by atoms with Crippen LogP contribution in [0.15, 0.2) is 66.7 Å². The number of ether oxygens (including phenoxy) is 2. The summed E-state index contributed by atoms with van der Waals surface area (Å²) in [4.78, 5) is 26.5. The van der Waals surface area contributed by atoms with E-state index in [0.29, 0.717) is 35.1 Å². The molecule has 33 heavy (non-hydrogen) atoms. The second-order valence-corrected chi connectivity index (χ2v) is 9.12. The smallest absolute Gasteiger partial charge is 0.289 e. The molecule has 0 aliphatic carbocycles. The van der Waals surface area contributed by atoms with Crippen molar-refractivity contribution in [3.05, 3.63) is 94.3 Å². The van der Waals surface area contributed by atoms with Gasteiger partial charge in [-0.25, -0.2) is 4.39 Å². The van der Waals surface area contributed by atoms with Crippen molar-refractivity contribution >= 4 is 34.5 Å². The monoisotopic (exact) mass is 485 g/mol. The molecule has 0 N–H and O–H groups in total. The van der Waals surface area contributed by atoms with Gasteiger partial charge in [0, 0.05) is 5.02 Å². The Bertz CT molecular complexity index is 1150. The maximum absolute atomic E-state index is 13.1. The molecule has 170 valence electrons. The third kappa shape index (κ3) is 5.67. The van der Waals surface area contributed by atoms with Crippen molar-refractivity contribution < 1.29 is 23.5 Å². The lowest BCUT2D eigenvalue weighted by atomic mass is 10.1. The first kappa shape index (κ1) is 23.1. The minimum Gasteiger partial charge on any atom is -0.493 e. The average molecular weight is 486 g/mol. The number of carbonyl (C=O) groups excluding carboxylic acids is 2. The molecule has 0 aromatic heterocycles. The topological polar surface area (TPSA) is 55.8 Å². The highest BCUT2D eigenvalue weighted by Crippen LogP contribution is 2.34. The van der Waals surface area contributed by atoms with Crippen LogP contribution in [-0.2, 0) is 24.4 Å². The Kier molecular flexibility index (Phi) is 7.20. The standard InChI is InChI=1S/C25H21ClFNO4S/c1-31-22-12-18(6-11-21(22)32-15-17-2-7-19(26)8-3-17)13-23-24(29)28(25(30)33-23)14-16-4-9-20(27)10-5-16/h2-12,23H,13-15H2,1H3/t23-/m0/s1. The Morgan fingerprint density at radius 2 is 1.61 bits per heavy atom. The molecule has 0 saturated carbocycles. The summed E-state index contributed by atoms with van der Waals surface area (Å²) in [6, 6.07) is 18.6. The molecule has 0 radical (unpaired) electrons. The molecule has 5 nitrogen and oxygen atoms in total. The Hall–Kier alpha value is -3.03. The number of methoxy groups -OCH3 is 1. The lowest BCUT2D eigenvalue weighted by Gasteiger charge is -2.15. The summed E-state index contributed by atoms with van der Waals surface area (Å²) in [6.07, 6.45) is 0.378. The number of halogens is 2. The molecule has 1 aliphatic heterocycles. The number of carbonyl (C=O) groups is 2. The maximum Gasteiger partial charge on any atom is 0.289 e. The molecule has 2 amide bonds. The van der Waals surface area contributed by atoms with Crippen LogP contribution in [0.1, 0.15) is 16.7 Å². The van der Waals surface area contributed by atoms with Crippen LogP contribution in [0.25, 0.3) is 0 Å². The van der Waals surface area contributed by atoms with Crippen molar-refractivity contribution in [1.82, 2.24) is 4.90 Å². The molecule has 1 heterocycles. The molecule has 1 atom stereocenters. The summed E-state index contributed by atoms with van der Waals surface area (Å²) in [5.41, 5.74) is 2.52. The summed E-state index contributed by atoms with van der Waals surface area (Å²) in [7, 11) is 1.55. The highest BCUT2D eigenvalue weighted by Gasteiger charge is 2.39. The quantitative estimate of drug-likeness (QED) is 0.399. The zero-order chi connectivity index (χ0) is 23.4. The van der Waals surface area contributed by atoms with Crippen LogP contribution in [0.5, 0.6) is 11.5 Å². The third-order valence-electron chi connectivity index (χ3n) is 5.22. The second kappa shape index (κ2) is 10.3. The molecule has 8 heteroatoms. The zero-order valence-corrected chi connectivity index (χ0v) is 19.4. The van der Waals surface area contributed by atoms with Gasteiger partial charge in [-0.2, -0.15) is 0 Å². The second-order valence-electron chi connectivity index (χ2n) is 7.53. The number of imide groups is 1. The molecule has 0 spiro atoms. The lowest BCUT2D eigenvalue weighted by Crippen LogP contribution is -2.31. The van der Waals surface area contributed by atoms with Gasteiger partial charge in [-0.1, -0.05) is 53.7 Å². The van der Waals surface area contributed by atoms with E-state index in [4.69, 9.17) is 21.1 Å². The fraction of sp³-hybridized carbons (Fsp3) is 0.200. The molecule has 0 unspecified atom stereocenters. The van der Waals surface area contributed by atoms with Gasteiger partial charge in [0.05, 0.1) is 18.9 Å². The Morgan fingerprint density at radius 1 is 0.939 bits per heavy atom. The third-order valence-corrected chi connectivity index (χ3v) is 6.54. The Morgan fingerprint density at radius 3 is 2.30 bits per heavy atom. The van der Waals surface area contributed by atoms with E-state index in [0.717, 1.165) is 22.9 Å². The van der Waals surface area contributed by atoms with Crippen molar-refractivity contribution in [3.63, 3.8) is 0 Å². The SMILES string of the molecule is COc1cc(C[C@@H]2SC(=O)N(Cc3ccc(F)cc3)C2=O)ccc1OCc1ccc(Cl)cc1. The number of thioether (sulfide) groups is 1. The molecule has 0 bridgehead atoms. The number of benzene rings is 3. The first-order valence-corrected chi connectivity index (χ1v) is 11.5. The molecule has 1 saturated heterocycles. The van der Waals surface area contributed by atoms with Crippen molar-refractivity contribution in [3.8, 4) is 11.5 Å². The minimum atomic E-state index is -0.525.